The van der Waals surface area contributed by atoms with Crippen LogP contribution >= 0.6 is 0 Å². The number of fused-ring (bicyclic) bond motifs is 1. The molecule has 2 rings (SSSR count). The average molecular weight is 205 g/mol. The van der Waals surface area contributed by atoms with Crippen LogP contribution in [0.3, 0.4) is 0 Å². The van der Waals surface area contributed by atoms with Crippen LogP contribution in [0.4, 0.5) is 5.82 Å². The summed E-state index contributed by atoms with van der Waals surface area (Å²) in [5, 5.41) is 0. The summed E-state index contributed by atoms with van der Waals surface area (Å²) in [6.45, 7) is 6.10. The van der Waals surface area contributed by atoms with Crippen molar-refractivity contribution in [1.29, 1.82) is 0 Å². The molecule has 0 aliphatic carbocycles. The first-order valence-corrected chi connectivity index (χ1v) is 5.10. The van der Waals surface area contributed by atoms with Crippen molar-refractivity contribution in [3.8, 4) is 0 Å². The Bertz CT molecular complexity index is 488. The van der Waals surface area contributed by atoms with Gasteiger partial charge in [0.2, 0.25) is 0 Å². The van der Waals surface area contributed by atoms with Gasteiger partial charge in [0.1, 0.15) is 11.3 Å². The molecular weight excluding hydrogens is 190 g/mol. The Labute approximate surface area is 88.4 Å². The molecule has 0 spiro atoms. The van der Waals surface area contributed by atoms with E-state index < -0.39 is 0 Å². The van der Waals surface area contributed by atoms with Gasteiger partial charge in [0.05, 0.1) is 6.33 Å². The van der Waals surface area contributed by atoms with Crippen LogP contribution in [0.15, 0.2) is 6.33 Å². The fourth-order valence-electron chi connectivity index (χ4n) is 1.57. The Morgan fingerprint density at radius 1 is 1.47 bits per heavy atom. The highest BCUT2D eigenvalue weighted by molar-refractivity contribution is 5.81. The maximum Gasteiger partial charge on any atom is 0.165 e. The number of anilines is 1. The molecule has 0 aromatic carbocycles. The van der Waals surface area contributed by atoms with Gasteiger partial charge >= 0.3 is 0 Å². The van der Waals surface area contributed by atoms with Gasteiger partial charge in [-0.05, 0) is 20.3 Å². The van der Waals surface area contributed by atoms with Gasteiger partial charge in [0.25, 0.3) is 0 Å². The monoisotopic (exact) mass is 205 g/mol. The summed E-state index contributed by atoms with van der Waals surface area (Å²) in [4.78, 5) is 12.7. The molecule has 2 N–H and O–H groups in total. The van der Waals surface area contributed by atoms with Gasteiger partial charge in [0, 0.05) is 6.04 Å². The van der Waals surface area contributed by atoms with Crippen LogP contribution in [0, 0.1) is 6.92 Å². The van der Waals surface area contributed by atoms with Crippen LogP contribution in [0.5, 0.6) is 0 Å². The highest BCUT2D eigenvalue weighted by Crippen LogP contribution is 2.20. The Hall–Kier alpha value is -1.65. The number of nitrogen functional groups attached to an aromatic ring is 1. The van der Waals surface area contributed by atoms with Crippen LogP contribution in [0.25, 0.3) is 11.2 Å². The maximum atomic E-state index is 5.79. The van der Waals surface area contributed by atoms with Gasteiger partial charge in [-0.15, -0.1) is 0 Å². The summed E-state index contributed by atoms with van der Waals surface area (Å²) in [5.74, 6) is 1.14. The van der Waals surface area contributed by atoms with E-state index in [4.69, 9.17) is 5.73 Å². The van der Waals surface area contributed by atoms with Crippen molar-refractivity contribution in [2.45, 2.75) is 33.2 Å². The van der Waals surface area contributed by atoms with E-state index in [2.05, 4.69) is 28.8 Å². The highest BCUT2D eigenvalue weighted by Gasteiger charge is 2.12. The molecule has 1 atom stereocenters. The lowest BCUT2D eigenvalue weighted by Crippen LogP contribution is -2.05. The summed E-state index contributed by atoms with van der Waals surface area (Å²) in [6.07, 6.45) is 2.82. The van der Waals surface area contributed by atoms with Crippen LogP contribution in [0.2, 0.25) is 0 Å². The zero-order valence-corrected chi connectivity index (χ0v) is 9.23. The average Bonchev–Trinajstić information content (AvgIpc) is 2.60. The van der Waals surface area contributed by atoms with Gasteiger partial charge in [-0.3, -0.25) is 0 Å². The van der Waals surface area contributed by atoms with Crippen molar-refractivity contribution in [2.24, 2.45) is 0 Å². The molecule has 0 saturated carbocycles. The Morgan fingerprint density at radius 3 is 2.87 bits per heavy atom. The molecule has 0 amide bonds. The summed E-state index contributed by atoms with van der Waals surface area (Å²) in [5.41, 5.74) is 7.31. The third-order valence-corrected chi connectivity index (χ3v) is 2.63. The number of rotatable bonds is 2. The van der Waals surface area contributed by atoms with Crippen molar-refractivity contribution in [3.05, 3.63) is 12.2 Å². The molecule has 0 fully saturated rings. The Balaban J connectivity index is 2.68. The first kappa shape index (κ1) is 9.89. The molecule has 2 aromatic rings. The molecule has 15 heavy (non-hydrogen) atoms. The molecule has 2 aromatic heterocycles. The zero-order chi connectivity index (χ0) is 11.0. The number of hydrogen-bond acceptors (Lipinski definition) is 4. The lowest BCUT2D eigenvalue weighted by Gasteiger charge is -2.10. The topological polar surface area (TPSA) is 69.6 Å². The molecule has 80 valence electrons. The van der Waals surface area contributed by atoms with Crippen molar-refractivity contribution in [3.63, 3.8) is 0 Å². The van der Waals surface area contributed by atoms with Crippen LogP contribution in [-0.2, 0) is 0 Å². The Kier molecular flexibility index (Phi) is 2.30. The first-order chi connectivity index (χ1) is 7.13. The van der Waals surface area contributed by atoms with E-state index in [1.807, 2.05) is 11.5 Å². The van der Waals surface area contributed by atoms with Crippen LogP contribution < -0.4 is 5.73 Å². The summed E-state index contributed by atoms with van der Waals surface area (Å²) < 4.78 is 2.04. The minimum Gasteiger partial charge on any atom is -0.382 e. The standard InChI is InChI=1S/C10H15N5/c1-4-6(2)15-5-12-8-9(11)13-7(3)14-10(8)15/h5-6H,4H2,1-3H3,(H2,11,13,14). The second kappa shape index (κ2) is 3.49. The normalized spacial score (nSPS) is 13.3. The first-order valence-electron chi connectivity index (χ1n) is 5.10. The predicted octanol–water partition coefficient (Wildman–Crippen LogP) is 1.69. The van der Waals surface area contributed by atoms with Gasteiger partial charge in [-0.1, -0.05) is 6.92 Å². The molecule has 0 radical (unpaired) electrons. The molecule has 0 aliphatic rings. The molecule has 5 nitrogen and oxygen atoms in total. The third-order valence-electron chi connectivity index (χ3n) is 2.63. The lowest BCUT2D eigenvalue weighted by atomic mass is 10.2. The quantitative estimate of drug-likeness (QED) is 0.809. The maximum absolute atomic E-state index is 5.79. The fraction of sp³-hybridized carbons (Fsp3) is 0.500. The number of imidazole rings is 1. The van der Waals surface area contributed by atoms with Crippen molar-refractivity contribution in [1.82, 2.24) is 19.5 Å². The second-order valence-corrected chi connectivity index (χ2v) is 3.74. The molecule has 1 unspecified atom stereocenters. The van der Waals surface area contributed by atoms with Crippen LogP contribution in [0.1, 0.15) is 32.1 Å². The van der Waals surface area contributed by atoms with Gasteiger partial charge in [0.15, 0.2) is 11.5 Å². The van der Waals surface area contributed by atoms with Crippen molar-refractivity contribution in [2.75, 3.05) is 5.73 Å². The zero-order valence-electron chi connectivity index (χ0n) is 9.23. The largest absolute Gasteiger partial charge is 0.382 e. The minimum absolute atomic E-state index is 0.378. The fourth-order valence-corrected chi connectivity index (χ4v) is 1.57. The van der Waals surface area contributed by atoms with Gasteiger partial charge in [-0.2, -0.15) is 0 Å². The van der Waals surface area contributed by atoms with Gasteiger partial charge < -0.3 is 10.3 Å². The number of nitrogens with two attached hydrogens (primary N) is 1. The molecule has 5 heteroatoms. The minimum atomic E-state index is 0.378. The van der Waals surface area contributed by atoms with E-state index in [9.17, 15) is 0 Å². The Morgan fingerprint density at radius 2 is 2.20 bits per heavy atom. The van der Waals surface area contributed by atoms with E-state index in [1.165, 1.54) is 0 Å². The van der Waals surface area contributed by atoms with E-state index in [0.29, 0.717) is 23.2 Å². The van der Waals surface area contributed by atoms with E-state index in [1.54, 1.807) is 6.33 Å². The molecular formula is C10H15N5. The number of aryl methyl sites for hydroxylation is 1. The summed E-state index contributed by atoms with van der Waals surface area (Å²) in [6, 6.07) is 0.378. The third kappa shape index (κ3) is 1.54. The highest BCUT2D eigenvalue weighted by atomic mass is 15.1. The molecule has 0 bridgehead atoms. The van der Waals surface area contributed by atoms with Crippen molar-refractivity contribution < 1.29 is 0 Å². The summed E-state index contributed by atoms with van der Waals surface area (Å²) in [7, 11) is 0. The number of aromatic nitrogens is 4. The molecule has 0 aliphatic heterocycles. The second-order valence-electron chi connectivity index (χ2n) is 3.74. The van der Waals surface area contributed by atoms with Crippen LogP contribution in [-0.4, -0.2) is 19.5 Å². The smallest absolute Gasteiger partial charge is 0.165 e. The van der Waals surface area contributed by atoms with E-state index in [0.717, 1.165) is 12.1 Å². The molecule has 0 saturated heterocycles. The number of nitrogens with zero attached hydrogens (tertiary/aromatic N) is 4. The van der Waals surface area contributed by atoms with E-state index >= 15 is 0 Å². The van der Waals surface area contributed by atoms with Crippen molar-refractivity contribution >= 4 is 17.0 Å². The summed E-state index contributed by atoms with van der Waals surface area (Å²) >= 11 is 0. The molecule has 2 heterocycles. The van der Waals surface area contributed by atoms with Gasteiger partial charge in [-0.25, -0.2) is 15.0 Å². The number of hydrogen-bond donors (Lipinski definition) is 1. The van der Waals surface area contributed by atoms with E-state index in [-0.39, 0.29) is 0 Å². The lowest BCUT2D eigenvalue weighted by molar-refractivity contribution is 0.540. The SMILES string of the molecule is CCC(C)n1cnc2c(N)nc(C)nc21. The predicted molar refractivity (Wildman–Crippen MR) is 59.5 cm³/mol.